The molecule has 0 aliphatic carbocycles. The van der Waals surface area contributed by atoms with Gasteiger partial charge in [0.25, 0.3) is 0 Å². The lowest BCUT2D eigenvalue weighted by atomic mass is 10.1. The van der Waals surface area contributed by atoms with Gasteiger partial charge in [0.05, 0.1) is 0 Å². The lowest BCUT2D eigenvalue weighted by molar-refractivity contribution is 0.950. The Morgan fingerprint density at radius 3 is 2.56 bits per heavy atom. The molecule has 0 aliphatic heterocycles. The summed E-state index contributed by atoms with van der Waals surface area (Å²) in [4.78, 5) is 4.38. The van der Waals surface area contributed by atoms with Crippen LogP contribution in [0.25, 0.3) is 0 Å². The van der Waals surface area contributed by atoms with Crippen LogP contribution in [0.4, 0.5) is 0 Å². The summed E-state index contributed by atoms with van der Waals surface area (Å²) in [5, 5.41) is 0. The number of benzene rings is 1. The molecular formula is C14H16N2. The van der Waals surface area contributed by atoms with E-state index in [1.54, 1.807) is 0 Å². The maximum absolute atomic E-state index is 5.54. The highest BCUT2D eigenvalue weighted by molar-refractivity contribution is 5.24. The van der Waals surface area contributed by atoms with Gasteiger partial charge in [-0.2, -0.15) is 0 Å². The summed E-state index contributed by atoms with van der Waals surface area (Å²) in [6, 6.07) is 14.6. The molecule has 2 nitrogen and oxygen atoms in total. The van der Waals surface area contributed by atoms with Crippen molar-refractivity contribution in [2.24, 2.45) is 5.73 Å². The van der Waals surface area contributed by atoms with Crippen molar-refractivity contribution in [1.29, 1.82) is 0 Å². The second-order valence-corrected chi connectivity index (χ2v) is 3.86. The molecule has 1 aromatic carbocycles. The van der Waals surface area contributed by atoms with Gasteiger partial charge in [-0.1, -0.05) is 30.3 Å². The zero-order chi connectivity index (χ0) is 11.2. The minimum Gasteiger partial charge on any atom is -0.330 e. The van der Waals surface area contributed by atoms with Gasteiger partial charge in [0, 0.05) is 18.3 Å². The third-order valence-corrected chi connectivity index (χ3v) is 2.54. The van der Waals surface area contributed by atoms with Crippen molar-refractivity contribution in [2.75, 3.05) is 6.54 Å². The molecule has 0 unspecified atom stereocenters. The van der Waals surface area contributed by atoms with Gasteiger partial charge in [0.15, 0.2) is 0 Å². The highest BCUT2D eigenvalue weighted by atomic mass is 14.7. The van der Waals surface area contributed by atoms with Crippen LogP contribution in [-0.2, 0) is 12.8 Å². The molecule has 0 bridgehead atoms. The van der Waals surface area contributed by atoms with Crippen LogP contribution in [0.1, 0.15) is 16.8 Å². The van der Waals surface area contributed by atoms with Gasteiger partial charge in [-0.15, -0.1) is 0 Å². The molecule has 2 heteroatoms. The van der Waals surface area contributed by atoms with Crippen LogP contribution >= 0.6 is 0 Å². The molecule has 0 amide bonds. The summed E-state index contributed by atoms with van der Waals surface area (Å²) in [5.41, 5.74) is 9.21. The molecule has 0 spiro atoms. The number of nitrogens with zero attached hydrogens (tertiary/aromatic N) is 1. The van der Waals surface area contributed by atoms with Crippen molar-refractivity contribution >= 4 is 0 Å². The van der Waals surface area contributed by atoms with Crippen molar-refractivity contribution in [3.8, 4) is 0 Å². The first-order chi connectivity index (χ1) is 7.88. The molecule has 0 radical (unpaired) electrons. The van der Waals surface area contributed by atoms with E-state index >= 15 is 0 Å². The lowest BCUT2D eigenvalue weighted by Gasteiger charge is -2.03. The molecule has 0 aliphatic rings. The minimum absolute atomic E-state index is 0.689. The van der Waals surface area contributed by atoms with E-state index in [1.807, 2.05) is 18.3 Å². The molecule has 16 heavy (non-hydrogen) atoms. The van der Waals surface area contributed by atoms with Gasteiger partial charge in [0.1, 0.15) is 0 Å². The number of aromatic nitrogens is 1. The van der Waals surface area contributed by atoms with E-state index in [1.165, 1.54) is 11.1 Å². The summed E-state index contributed by atoms with van der Waals surface area (Å²) in [7, 11) is 0. The number of hydrogen-bond acceptors (Lipinski definition) is 2. The maximum Gasteiger partial charge on any atom is 0.0450 e. The molecule has 2 aromatic rings. The average Bonchev–Trinajstić information content (AvgIpc) is 2.31. The first-order valence-electron chi connectivity index (χ1n) is 5.56. The number of nitrogens with two attached hydrogens (primary N) is 1. The van der Waals surface area contributed by atoms with Gasteiger partial charge in [0.2, 0.25) is 0 Å². The zero-order valence-electron chi connectivity index (χ0n) is 9.26. The van der Waals surface area contributed by atoms with E-state index in [2.05, 4.69) is 35.3 Å². The van der Waals surface area contributed by atoms with E-state index in [0.29, 0.717) is 6.54 Å². The zero-order valence-corrected chi connectivity index (χ0v) is 9.26. The predicted molar refractivity (Wildman–Crippen MR) is 66.2 cm³/mol. The van der Waals surface area contributed by atoms with Crippen LogP contribution in [0.3, 0.4) is 0 Å². The Labute approximate surface area is 96.1 Å². The Hall–Kier alpha value is -1.67. The number of pyridine rings is 1. The molecule has 2 N–H and O–H groups in total. The Bertz CT molecular complexity index is 437. The van der Waals surface area contributed by atoms with E-state index in [0.717, 1.165) is 18.5 Å². The smallest absolute Gasteiger partial charge is 0.0450 e. The Morgan fingerprint density at radius 2 is 1.81 bits per heavy atom. The fourth-order valence-electron chi connectivity index (χ4n) is 1.75. The second-order valence-electron chi connectivity index (χ2n) is 3.86. The summed E-state index contributed by atoms with van der Waals surface area (Å²) in [6.07, 6.45) is 3.67. The van der Waals surface area contributed by atoms with Crippen molar-refractivity contribution in [3.05, 3.63) is 65.5 Å². The van der Waals surface area contributed by atoms with Crippen molar-refractivity contribution in [2.45, 2.75) is 12.8 Å². The molecule has 1 aromatic heterocycles. The van der Waals surface area contributed by atoms with E-state index in [4.69, 9.17) is 5.73 Å². The van der Waals surface area contributed by atoms with Crippen molar-refractivity contribution in [1.82, 2.24) is 4.98 Å². The summed E-state index contributed by atoms with van der Waals surface area (Å²) in [6.45, 7) is 0.689. The van der Waals surface area contributed by atoms with Crippen LogP contribution < -0.4 is 5.73 Å². The van der Waals surface area contributed by atoms with Crippen molar-refractivity contribution in [3.63, 3.8) is 0 Å². The van der Waals surface area contributed by atoms with E-state index < -0.39 is 0 Å². The third kappa shape index (κ3) is 2.91. The van der Waals surface area contributed by atoms with Gasteiger partial charge in [-0.3, -0.25) is 4.98 Å². The summed E-state index contributed by atoms with van der Waals surface area (Å²) < 4.78 is 0. The van der Waals surface area contributed by atoms with Gasteiger partial charge in [-0.25, -0.2) is 0 Å². The first kappa shape index (κ1) is 10.8. The van der Waals surface area contributed by atoms with Crippen LogP contribution in [0.5, 0.6) is 0 Å². The molecule has 0 atom stereocenters. The third-order valence-electron chi connectivity index (χ3n) is 2.54. The summed E-state index contributed by atoms with van der Waals surface area (Å²) in [5.74, 6) is 0. The lowest BCUT2D eigenvalue weighted by Crippen LogP contribution is -2.03. The van der Waals surface area contributed by atoms with Gasteiger partial charge >= 0.3 is 0 Å². The monoisotopic (exact) mass is 212 g/mol. The standard InChI is InChI=1S/C14H16N2/c15-8-6-13-7-9-16-14(11-13)10-12-4-2-1-3-5-12/h1-5,7,9,11H,6,8,10,15H2. The average molecular weight is 212 g/mol. The first-order valence-corrected chi connectivity index (χ1v) is 5.56. The van der Waals surface area contributed by atoms with Crippen LogP contribution in [0.15, 0.2) is 48.7 Å². The Morgan fingerprint density at radius 1 is 1.00 bits per heavy atom. The molecule has 2 rings (SSSR count). The van der Waals surface area contributed by atoms with Crippen molar-refractivity contribution < 1.29 is 0 Å². The largest absolute Gasteiger partial charge is 0.330 e. The number of hydrogen-bond donors (Lipinski definition) is 1. The fourth-order valence-corrected chi connectivity index (χ4v) is 1.75. The Balaban J connectivity index is 2.12. The molecule has 82 valence electrons. The minimum atomic E-state index is 0.689. The SMILES string of the molecule is NCCc1ccnc(Cc2ccccc2)c1. The van der Waals surface area contributed by atoms with Crippen LogP contribution in [0.2, 0.25) is 0 Å². The van der Waals surface area contributed by atoms with Crippen LogP contribution in [0, 0.1) is 0 Å². The molecular weight excluding hydrogens is 196 g/mol. The quantitative estimate of drug-likeness (QED) is 0.843. The van der Waals surface area contributed by atoms with E-state index in [-0.39, 0.29) is 0 Å². The highest BCUT2D eigenvalue weighted by Gasteiger charge is 1.98. The predicted octanol–water partition coefficient (Wildman–Crippen LogP) is 2.17. The molecule has 1 heterocycles. The molecule has 0 saturated heterocycles. The summed E-state index contributed by atoms with van der Waals surface area (Å²) >= 11 is 0. The number of rotatable bonds is 4. The topological polar surface area (TPSA) is 38.9 Å². The van der Waals surface area contributed by atoms with E-state index in [9.17, 15) is 0 Å². The van der Waals surface area contributed by atoms with Crippen LogP contribution in [-0.4, -0.2) is 11.5 Å². The molecule has 0 fully saturated rings. The normalized spacial score (nSPS) is 10.3. The molecule has 0 saturated carbocycles. The van der Waals surface area contributed by atoms with Gasteiger partial charge < -0.3 is 5.73 Å². The van der Waals surface area contributed by atoms with Gasteiger partial charge in [-0.05, 0) is 36.2 Å². The highest BCUT2D eigenvalue weighted by Crippen LogP contribution is 2.08. The maximum atomic E-state index is 5.54. The fraction of sp³-hybridized carbons (Fsp3) is 0.214. The second kappa shape index (κ2) is 5.42. The Kier molecular flexibility index (Phi) is 3.67.